The second-order valence-electron chi connectivity index (χ2n) is 6.84. The van der Waals surface area contributed by atoms with Gasteiger partial charge in [-0.15, -0.1) is 0 Å². The number of aromatic nitrogens is 2. The predicted octanol–water partition coefficient (Wildman–Crippen LogP) is 2.29. The third-order valence-corrected chi connectivity index (χ3v) is 4.50. The minimum absolute atomic E-state index is 0.0138. The van der Waals surface area contributed by atoms with Crippen LogP contribution in [-0.4, -0.2) is 38.4 Å². The molecule has 1 aromatic heterocycles. The van der Waals surface area contributed by atoms with Gasteiger partial charge in [0.25, 0.3) is 0 Å². The van der Waals surface area contributed by atoms with Gasteiger partial charge in [-0.1, -0.05) is 13.8 Å². The van der Waals surface area contributed by atoms with Gasteiger partial charge in [0.2, 0.25) is 0 Å². The molecule has 1 aromatic rings. The van der Waals surface area contributed by atoms with Crippen LogP contribution in [0.25, 0.3) is 0 Å². The third-order valence-electron chi connectivity index (χ3n) is 4.50. The van der Waals surface area contributed by atoms with Crippen molar-refractivity contribution in [2.75, 3.05) is 6.54 Å². The Bertz CT molecular complexity index is 539. The van der Waals surface area contributed by atoms with E-state index in [4.69, 9.17) is 0 Å². The molecule has 1 atom stereocenters. The fourth-order valence-electron chi connectivity index (χ4n) is 3.08. The summed E-state index contributed by atoms with van der Waals surface area (Å²) in [5.74, 6) is 0.652. The summed E-state index contributed by atoms with van der Waals surface area (Å²) in [5.41, 5.74) is 2.88. The number of hydrogen-bond donors (Lipinski definition) is 2. The van der Waals surface area contributed by atoms with E-state index in [0.29, 0.717) is 24.7 Å². The summed E-state index contributed by atoms with van der Waals surface area (Å²) >= 11 is 0. The lowest BCUT2D eigenvalue weighted by Gasteiger charge is -2.29. The Labute approximate surface area is 138 Å². The van der Waals surface area contributed by atoms with Crippen LogP contribution in [0.3, 0.4) is 0 Å². The number of nitrogens with zero attached hydrogens (tertiary/aromatic N) is 3. The number of rotatable bonds is 6. The topological polar surface area (TPSA) is 70.4 Å². The first-order valence-corrected chi connectivity index (χ1v) is 8.69. The van der Waals surface area contributed by atoms with Crippen LogP contribution in [0.2, 0.25) is 0 Å². The van der Waals surface area contributed by atoms with Crippen molar-refractivity contribution < 1.29 is 9.90 Å². The van der Waals surface area contributed by atoms with Crippen LogP contribution < -0.4 is 5.32 Å². The molecule has 2 rings (SSSR count). The van der Waals surface area contributed by atoms with E-state index in [-0.39, 0.29) is 18.7 Å². The van der Waals surface area contributed by atoms with Crippen LogP contribution in [-0.2, 0) is 26.1 Å². The zero-order valence-corrected chi connectivity index (χ0v) is 14.8. The van der Waals surface area contributed by atoms with E-state index in [1.165, 1.54) is 0 Å². The molecule has 1 aliphatic heterocycles. The molecule has 0 aromatic carbocycles. The second-order valence-corrected chi connectivity index (χ2v) is 6.84. The van der Waals surface area contributed by atoms with Crippen LogP contribution in [0.15, 0.2) is 0 Å². The van der Waals surface area contributed by atoms with Gasteiger partial charge in [-0.2, -0.15) is 5.10 Å². The number of aryl methyl sites for hydroxylation is 1. The van der Waals surface area contributed by atoms with Crippen molar-refractivity contribution in [3.05, 3.63) is 17.0 Å². The number of aliphatic hydroxyl groups is 1. The Morgan fingerprint density at radius 2 is 2.09 bits per heavy atom. The van der Waals surface area contributed by atoms with Crippen molar-refractivity contribution in [1.82, 2.24) is 20.0 Å². The molecule has 0 aliphatic carbocycles. The van der Waals surface area contributed by atoms with Gasteiger partial charge in [-0.25, -0.2) is 4.79 Å². The molecule has 0 saturated carbocycles. The van der Waals surface area contributed by atoms with E-state index in [9.17, 15) is 9.90 Å². The van der Waals surface area contributed by atoms with E-state index < -0.39 is 0 Å². The molecular weight excluding hydrogens is 292 g/mol. The molecule has 0 radical (unpaired) electrons. The van der Waals surface area contributed by atoms with E-state index >= 15 is 0 Å². The Morgan fingerprint density at radius 3 is 2.70 bits per heavy atom. The molecule has 6 nitrogen and oxygen atoms in total. The molecule has 130 valence electrons. The van der Waals surface area contributed by atoms with Gasteiger partial charge in [0, 0.05) is 36.8 Å². The third kappa shape index (κ3) is 4.25. The van der Waals surface area contributed by atoms with Gasteiger partial charge in [-0.3, -0.25) is 4.68 Å². The quantitative estimate of drug-likeness (QED) is 0.844. The summed E-state index contributed by atoms with van der Waals surface area (Å²) in [7, 11) is 0. The maximum atomic E-state index is 12.5. The first-order valence-electron chi connectivity index (χ1n) is 8.69. The van der Waals surface area contributed by atoms with Gasteiger partial charge in [-0.05, 0) is 32.6 Å². The maximum absolute atomic E-state index is 12.5. The van der Waals surface area contributed by atoms with E-state index in [0.717, 1.165) is 37.1 Å². The van der Waals surface area contributed by atoms with Gasteiger partial charge >= 0.3 is 6.03 Å². The highest BCUT2D eigenvalue weighted by Crippen LogP contribution is 2.23. The lowest BCUT2D eigenvalue weighted by Crippen LogP contribution is -2.46. The minimum atomic E-state index is -0.0738. The number of fused-ring (bicyclic) bond motifs is 1. The van der Waals surface area contributed by atoms with Crippen molar-refractivity contribution in [1.29, 1.82) is 0 Å². The van der Waals surface area contributed by atoms with Gasteiger partial charge in [0.15, 0.2) is 0 Å². The molecule has 1 aliphatic rings. The van der Waals surface area contributed by atoms with Crippen molar-refractivity contribution in [2.24, 2.45) is 5.92 Å². The van der Waals surface area contributed by atoms with E-state index in [2.05, 4.69) is 31.2 Å². The first-order chi connectivity index (χ1) is 11.0. The molecule has 2 N–H and O–H groups in total. The summed E-state index contributed by atoms with van der Waals surface area (Å²) in [5, 5.41) is 17.0. The molecule has 6 heteroatoms. The predicted molar refractivity (Wildman–Crippen MR) is 90.0 cm³/mol. The number of aliphatic hydroxyl groups excluding tert-OH is 1. The average molecular weight is 322 g/mol. The van der Waals surface area contributed by atoms with Crippen LogP contribution >= 0.6 is 0 Å². The Morgan fingerprint density at radius 1 is 1.35 bits per heavy atom. The summed E-state index contributed by atoms with van der Waals surface area (Å²) in [6.45, 7) is 10.5. The number of urea groups is 1. The first kappa shape index (κ1) is 17.8. The molecule has 0 spiro atoms. The van der Waals surface area contributed by atoms with E-state index in [1.807, 2.05) is 16.5 Å². The molecular formula is C17H30N4O2. The zero-order valence-electron chi connectivity index (χ0n) is 14.8. The standard InChI is InChI=1S/C17H30N4O2/c1-5-21-16-8-9-20(10-14(16)15(11-22)19-21)17(23)18-13(4)7-6-12(2)3/h12-13,22H,5-11H2,1-4H3,(H,18,23)/t13-/m1/s1. The smallest absolute Gasteiger partial charge is 0.317 e. The van der Waals surface area contributed by atoms with Crippen molar-refractivity contribution in [2.45, 2.75) is 72.7 Å². The lowest BCUT2D eigenvalue weighted by atomic mass is 10.0. The average Bonchev–Trinajstić information content (AvgIpc) is 2.90. The van der Waals surface area contributed by atoms with E-state index in [1.54, 1.807) is 0 Å². The summed E-state index contributed by atoms with van der Waals surface area (Å²) in [6, 6.07) is 0.169. The number of carbonyl (C=O) groups excluding carboxylic acids is 1. The van der Waals surface area contributed by atoms with Crippen LogP contribution in [0, 0.1) is 5.92 Å². The molecule has 0 fully saturated rings. The van der Waals surface area contributed by atoms with Crippen LogP contribution in [0.4, 0.5) is 4.79 Å². The number of carbonyl (C=O) groups is 1. The minimum Gasteiger partial charge on any atom is -0.390 e. The molecule has 0 saturated heterocycles. The molecule has 2 amide bonds. The normalized spacial score (nSPS) is 15.7. The summed E-state index contributed by atoms with van der Waals surface area (Å²) in [4.78, 5) is 14.3. The summed E-state index contributed by atoms with van der Waals surface area (Å²) in [6.07, 6.45) is 2.91. The highest BCUT2D eigenvalue weighted by molar-refractivity contribution is 5.74. The Balaban J connectivity index is 1.98. The number of hydrogen-bond acceptors (Lipinski definition) is 3. The monoisotopic (exact) mass is 322 g/mol. The lowest BCUT2D eigenvalue weighted by molar-refractivity contribution is 0.186. The van der Waals surface area contributed by atoms with Gasteiger partial charge < -0.3 is 15.3 Å². The highest BCUT2D eigenvalue weighted by Gasteiger charge is 2.27. The Hall–Kier alpha value is -1.56. The van der Waals surface area contributed by atoms with Crippen molar-refractivity contribution in [3.63, 3.8) is 0 Å². The number of amides is 2. The maximum Gasteiger partial charge on any atom is 0.317 e. The molecule has 23 heavy (non-hydrogen) atoms. The van der Waals surface area contributed by atoms with Crippen molar-refractivity contribution >= 4 is 6.03 Å². The van der Waals surface area contributed by atoms with Crippen molar-refractivity contribution in [3.8, 4) is 0 Å². The van der Waals surface area contributed by atoms with Crippen LogP contribution in [0.1, 0.15) is 57.5 Å². The summed E-state index contributed by atoms with van der Waals surface area (Å²) < 4.78 is 1.95. The largest absolute Gasteiger partial charge is 0.390 e. The van der Waals surface area contributed by atoms with Crippen LogP contribution in [0.5, 0.6) is 0 Å². The SMILES string of the molecule is CCn1nc(CO)c2c1CCN(C(=O)N[C@H](C)CCC(C)C)C2. The number of nitrogens with one attached hydrogen (secondary N) is 1. The zero-order chi connectivity index (χ0) is 17.0. The molecule has 0 bridgehead atoms. The van der Waals surface area contributed by atoms with Gasteiger partial charge in [0.05, 0.1) is 18.8 Å². The second kappa shape index (κ2) is 7.81. The highest BCUT2D eigenvalue weighted by atomic mass is 16.3. The molecule has 2 heterocycles. The molecule has 0 unspecified atom stereocenters. The Kier molecular flexibility index (Phi) is 6.04. The fourth-order valence-corrected chi connectivity index (χ4v) is 3.08. The fraction of sp³-hybridized carbons (Fsp3) is 0.765. The van der Waals surface area contributed by atoms with Gasteiger partial charge in [0.1, 0.15) is 0 Å².